The highest BCUT2D eigenvalue weighted by molar-refractivity contribution is 5.90. The lowest BCUT2D eigenvalue weighted by Gasteiger charge is -2.17. The van der Waals surface area contributed by atoms with Crippen LogP contribution >= 0.6 is 0 Å². The first-order valence-corrected chi connectivity index (χ1v) is 10.1. The van der Waals surface area contributed by atoms with Gasteiger partial charge in [0.15, 0.2) is 0 Å². The summed E-state index contributed by atoms with van der Waals surface area (Å²) in [5.41, 5.74) is 2.34. The molecule has 3 aromatic rings. The minimum Gasteiger partial charge on any atom is -0.487 e. The molecule has 0 fully saturated rings. The molecule has 1 amide bonds. The van der Waals surface area contributed by atoms with E-state index in [4.69, 9.17) is 14.6 Å². The Bertz CT molecular complexity index is 1220. The Hall–Kier alpha value is -4.73. The molecule has 0 aliphatic carbocycles. The van der Waals surface area contributed by atoms with Gasteiger partial charge in [-0.3, -0.25) is 20.0 Å². The minimum absolute atomic E-state index is 0.105. The van der Waals surface area contributed by atoms with E-state index in [0.717, 1.165) is 5.56 Å². The summed E-state index contributed by atoms with van der Waals surface area (Å²) in [6.07, 6.45) is 2.24. The molecule has 1 aromatic heterocycles. The topological polar surface area (TPSA) is 132 Å². The first kappa shape index (κ1) is 23.9. The van der Waals surface area contributed by atoms with Gasteiger partial charge in [0.25, 0.3) is 5.69 Å². The van der Waals surface area contributed by atoms with Crippen molar-refractivity contribution in [1.29, 1.82) is 0 Å². The van der Waals surface area contributed by atoms with Crippen LogP contribution < -0.4 is 9.64 Å². The minimum atomic E-state index is -1.16. The van der Waals surface area contributed by atoms with Crippen LogP contribution in [-0.4, -0.2) is 40.7 Å². The number of hydrogen-bond acceptors (Lipinski definition) is 7. The molecule has 0 aliphatic rings. The molecule has 2 aromatic carbocycles. The summed E-state index contributed by atoms with van der Waals surface area (Å²) in [6, 6.07) is 15.7. The fourth-order valence-electron chi connectivity index (χ4n) is 2.92. The zero-order valence-electron chi connectivity index (χ0n) is 18.4. The second-order valence-corrected chi connectivity index (χ2v) is 6.95. The van der Waals surface area contributed by atoms with E-state index in [1.54, 1.807) is 37.3 Å². The van der Waals surface area contributed by atoms with E-state index in [-0.39, 0.29) is 23.8 Å². The van der Waals surface area contributed by atoms with E-state index >= 15 is 0 Å². The molecule has 0 bridgehead atoms. The lowest BCUT2D eigenvalue weighted by atomic mass is 10.1. The van der Waals surface area contributed by atoms with Crippen LogP contribution in [0.2, 0.25) is 0 Å². The highest BCUT2D eigenvalue weighted by Gasteiger charge is 2.15. The van der Waals surface area contributed by atoms with Crippen molar-refractivity contribution in [2.45, 2.75) is 6.92 Å². The molecule has 0 saturated carbocycles. The van der Waals surface area contributed by atoms with Crippen molar-refractivity contribution in [2.75, 3.05) is 18.6 Å². The molecule has 0 unspecified atom stereocenters. The largest absolute Gasteiger partial charge is 0.487 e. The summed E-state index contributed by atoms with van der Waals surface area (Å²) in [4.78, 5) is 39.6. The third-order valence-electron chi connectivity index (χ3n) is 4.65. The van der Waals surface area contributed by atoms with Crippen molar-refractivity contribution in [1.82, 2.24) is 4.98 Å². The molecule has 0 aliphatic heterocycles. The van der Waals surface area contributed by atoms with Gasteiger partial charge in [-0.25, -0.2) is 9.59 Å². The number of amides is 1. The molecule has 10 nitrogen and oxygen atoms in total. The standard InChI is InChI=1S/C24H21N3O7/c1-3-33-22(23(28)29)13-16-7-12-21(25-15-16)17-5-4-6-19(14-17)26(2)24(30)34-20-10-8-18(9-11-20)27(31)32/h4-15H,3H2,1-2H3,(H,28,29)/b22-13-. The van der Waals surface area contributed by atoms with Crippen molar-refractivity contribution in [3.63, 3.8) is 0 Å². The number of carboxylic acid groups (broad SMARTS) is 1. The van der Waals surface area contributed by atoms with E-state index in [9.17, 15) is 19.7 Å². The van der Waals surface area contributed by atoms with E-state index in [2.05, 4.69) is 4.98 Å². The van der Waals surface area contributed by atoms with Crippen LogP contribution in [0, 0.1) is 10.1 Å². The van der Waals surface area contributed by atoms with Gasteiger partial charge in [-0.15, -0.1) is 0 Å². The van der Waals surface area contributed by atoms with Gasteiger partial charge >= 0.3 is 12.1 Å². The van der Waals surface area contributed by atoms with Gasteiger partial charge < -0.3 is 14.6 Å². The average Bonchev–Trinajstić information content (AvgIpc) is 2.84. The smallest absolute Gasteiger partial charge is 0.419 e. The van der Waals surface area contributed by atoms with E-state index in [1.165, 1.54) is 48.5 Å². The third kappa shape index (κ3) is 5.94. The number of carbonyl (C=O) groups is 2. The maximum absolute atomic E-state index is 12.5. The lowest BCUT2D eigenvalue weighted by Crippen LogP contribution is -2.29. The van der Waals surface area contributed by atoms with Gasteiger partial charge in [0.05, 0.1) is 17.2 Å². The number of anilines is 1. The third-order valence-corrected chi connectivity index (χ3v) is 4.65. The summed E-state index contributed by atoms with van der Waals surface area (Å²) in [5.74, 6) is -1.16. The molecule has 1 N–H and O–H groups in total. The van der Waals surface area contributed by atoms with Crippen LogP contribution in [0.1, 0.15) is 12.5 Å². The number of non-ortho nitro benzene ring substituents is 1. The van der Waals surface area contributed by atoms with Gasteiger partial charge in [0.2, 0.25) is 5.76 Å². The number of nitro groups is 1. The van der Waals surface area contributed by atoms with Crippen molar-refractivity contribution < 1.29 is 29.1 Å². The van der Waals surface area contributed by atoms with Gasteiger partial charge in [-0.05, 0) is 48.9 Å². The Labute approximate surface area is 194 Å². The van der Waals surface area contributed by atoms with Crippen molar-refractivity contribution in [3.05, 3.63) is 88.3 Å². The summed E-state index contributed by atoms with van der Waals surface area (Å²) in [5, 5.41) is 19.9. The van der Waals surface area contributed by atoms with Gasteiger partial charge in [-0.2, -0.15) is 0 Å². The van der Waals surface area contributed by atoms with Gasteiger partial charge in [0.1, 0.15) is 5.75 Å². The zero-order valence-corrected chi connectivity index (χ0v) is 18.4. The molecule has 1 heterocycles. The van der Waals surface area contributed by atoms with Crippen LogP contribution in [0.5, 0.6) is 5.75 Å². The van der Waals surface area contributed by atoms with Crippen LogP contribution in [0.25, 0.3) is 17.3 Å². The van der Waals surface area contributed by atoms with Crippen molar-refractivity contribution in [3.8, 4) is 17.0 Å². The summed E-state index contributed by atoms with van der Waals surface area (Å²) >= 11 is 0. The SMILES string of the molecule is CCO/C(=C\c1ccc(-c2cccc(N(C)C(=O)Oc3ccc([N+](=O)[O-])cc3)c2)nc1)C(=O)O. The van der Waals surface area contributed by atoms with Gasteiger partial charge in [-0.1, -0.05) is 18.2 Å². The van der Waals surface area contributed by atoms with E-state index in [0.29, 0.717) is 16.9 Å². The molecule has 34 heavy (non-hydrogen) atoms. The fourth-order valence-corrected chi connectivity index (χ4v) is 2.92. The first-order chi connectivity index (χ1) is 16.3. The number of aromatic nitrogens is 1. The predicted octanol–water partition coefficient (Wildman–Crippen LogP) is 4.75. The van der Waals surface area contributed by atoms with Crippen molar-refractivity contribution in [2.24, 2.45) is 0 Å². The molecule has 0 saturated heterocycles. The second kappa shape index (κ2) is 10.7. The molecule has 0 spiro atoms. The second-order valence-electron chi connectivity index (χ2n) is 6.95. The Morgan fingerprint density at radius 1 is 1.15 bits per heavy atom. The fraction of sp³-hybridized carbons (Fsp3) is 0.125. The quantitative estimate of drug-likeness (QED) is 0.219. The van der Waals surface area contributed by atoms with E-state index in [1.807, 2.05) is 6.07 Å². The molecular formula is C24H21N3O7. The number of ether oxygens (including phenoxy) is 2. The molecule has 3 rings (SSSR count). The maximum atomic E-state index is 12.5. The highest BCUT2D eigenvalue weighted by Crippen LogP contribution is 2.25. The van der Waals surface area contributed by atoms with E-state index < -0.39 is 17.0 Å². The Morgan fingerprint density at radius 2 is 1.88 bits per heavy atom. The number of nitro benzene ring substituents is 1. The number of carboxylic acids is 1. The number of nitrogens with zero attached hydrogens (tertiary/aromatic N) is 3. The lowest BCUT2D eigenvalue weighted by molar-refractivity contribution is -0.384. The maximum Gasteiger partial charge on any atom is 0.419 e. The molecule has 174 valence electrons. The van der Waals surface area contributed by atoms with Crippen LogP contribution in [0.15, 0.2) is 72.6 Å². The number of pyridine rings is 1. The predicted molar refractivity (Wildman–Crippen MR) is 124 cm³/mol. The summed E-state index contributed by atoms with van der Waals surface area (Å²) in [6.45, 7) is 1.93. The molecule has 10 heteroatoms. The van der Waals surface area contributed by atoms with Crippen molar-refractivity contribution >= 4 is 29.5 Å². The number of benzene rings is 2. The summed E-state index contributed by atoms with van der Waals surface area (Å²) < 4.78 is 10.4. The molecule has 0 radical (unpaired) electrons. The number of hydrogen-bond donors (Lipinski definition) is 1. The zero-order chi connectivity index (χ0) is 24.7. The molecule has 0 atom stereocenters. The van der Waals surface area contributed by atoms with Crippen LogP contribution in [-0.2, 0) is 9.53 Å². The average molecular weight is 463 g/mol. The summed E-state index contributed by atoms with van der Waals surface area (Å²) in [7, 11) is 1.54. The normalized spacial score (nSPS) is 10.9. The number of carbonyl (C=O) groups excluding carboxylic acids is 1. The van der Waals surface area contributed by atoms with Gasteiger partial charge in [0, 0.05) is 36.6 Å². The first-order valence-electron chi connectivity index (χ1n) is 10.1. The Kier molecular flexibility index (Phi) is 7.55. The Balaban J connectivity index is 1.74. The monoisotopic (exact) mass is 463 g/mol. The van der Waals surface area contributed by atoms with Crippen LogP contribution in [0.4, 0.5) is 16.2 Å². The number of rotatable bonds is 8. The highest BCUT2D eigenvalue weighted by atomic mass is 16.6. The number of aliphatic carboxylic acids is 1. The van der Waals surface area contributed by atoms with Crippen LogP contribution in [0.3, 0.4) is 0 Å². The Morgan fingerprint density at radius 3 is 2.47 bits per heavy atom. The molecular weight excluding hydrogens is 442 g/mol.